The zero-order valence-electron chi connectivity index (χ0n) is 12.6. The minimum absolute atomic E-state index is 0.0223. The standard InChI is InChI=1S/C17H23O2P/c1-13(2)19-20(18,16-11-7-5-9-14(16)3)17-12-8-6-10-15(17)4/h5-13,18,20H,1-4H3. The van der Waals surface area contributed by atoms with Gasteiger partial charge in [0.25, 0.3) is 0 Å². The van der Waals surface area contributed by atoms with Gasteiger partial charge in [0.1, 0.15) is 0 Å². The molecule has 0 atom stereocenters. The molecule has 0 aliphatic heterocycles. The Labute approximate surface area is 121 Å². The van der Waals surface area contributed by atoms with E-state index >= 15 is 0 Å². The Morgan fingerprint density at radius 1 is 0.850 bits per heavy atom. The van der Waals surface area contributed by atoms with Crippen LogP contribution in [0.1, 0.15) is 25.0 Å². The third-order valence-corrected chi connectivity index (χ3v) is 6.82. The van der Waals surface area contributed by atoms with E-state index in [2.05, 4.69) is 0 Å². The summed E-state index contributed by atoms with van der Waals surface area (Å²) in [6.07, 6.45) is -0.0223. The van der Waals surface area contributed by atoms with E-state index in [9.17, 15) is 4.89 Å². The van der Waals surface area contributed by atoms with Crippen molar-refractivity contribution in [3.63, 3.8) is 0 Å². The molecule has 0 unspecified atom stereocenters. The fourth-order valence-corrected chi connectivity index (χ4v) is 5.63. The molecule has 0 aliphatic carbocycles. The van der Waals surface area contributed by atoms with Gasteiger partial charge in [-0.05, 0) is 0 Å². The van der Waals surface area contributed by atoms with Gasteiger partial charge in [-0.1, -0.05) is 0 Å². The molecule has 0 spiro atoms. The predicted molar refractivity (Wildman–Crippen MR) is 88.4 cm³/mol. The van der Waals surface area contributed by atoms with Gasteiger partial charge >= 0.3 is 121 Å². The number of benzene rings is 2. The molecule has 0 fully saturated rings. The van der Waals surface area contributed by atoms with Gasteiger partial charge in [-0.3, -0.25) is 0 Å². The predicted octanol–water partition coefficient (Wildman–Crippen LogP) is 3.25. The molecule has 0 heterocycles. The number of rotatable bonds is 4. The number of hydrogen-bond acceptors (Lipinski definition) is 2. The first-order valence-corrected chi connectivity index (χ1v) is 8.83. The molecular weight excluding hydrogens is 267 g/mol. The Morgan fingerprint density at radius 2 is 1.25 bits per heavy atom. The van der Waals surface area contributed by atoms with Gasteiger partial charge in [0.15, 0.2) is 0 Å². The molecule has 2 rings (SSSR count). The van der Waals surface area contributed by atoms with Crippen LogP contribution in [0.3, 0.4) is 0 Å². The quantitative estimate of drug-likeness (QED) is 0.876. The summed E-state index contributed by atoms with van der Waals surface area (Å²) in [5.41, 5.74) is 2.15. The topological polar surface area (TPSA) is 29.5 Å². The van der Waals surface area contributed by atoms with Crippen molar-refractivity contribution in [3.05, 3.63) is 59.7 Å². The molecule has 0 amide bonds. The van der Waals surface area contributed by atoms with E-state index in [0.29, 0.717) is 0 Å². The summed E-state index contributed by atoms with van der Waals surface area (Å²) in [7, 11) is -3.15. The van der Waals surface area contributed by atoms with Crippen LogP contribution in [-0.4, -0.2) is 11.0 Å². The molecule has 1 N–H and O–H groups in total. The van der Waals surface area contributed by atoms with Crippen LogP contribution in [-0.2, 0) is 4.52 Å². The fraction of sp³-hybridized carbons (Fsp3) is 0.294. The molecule has 0 bridgehead atoms. The van der Waals surface area contributed by atoms with Crippen molar-refractivity contribution in [1.82, 2.24) is 0 Å². The van der Waals surface area contributed by atoms with Crippen LogP contribution in [0.15, 0.2) is 48.5 Å². The summed E-state index contributed by atoms with van der Waals surface area (Å²) in [5.74, 6) is 0. The van der Waals surface area contributed by atoms with Gasteiger partial charge in [-0.15, -0.1) is 0 Å². The summed E-state index contributed by atoms with van der Waals surface area (Å²) in [4.78, 5) is 11.4. The Morgan fingerprint density at radius 3 is 1.60 bits per heavy atom. The summed E-state index contributed by atoms with van der Waals surface area (Å²) < 4.78 is 6.07. The van der Waals surface area contributed by atoms with E-state index in [0.717, 1.165) is 21.7 Å². The van der Waals surface area contributed by atoms with Crippen LogP contribution in [0.4, 0.5) is 0 Å². The number of hydrogen-bond donors (Lipinski definition) is 1. The summed E-state index contributed by atoms with van der Waals surface area (Å²) in [6.45, 7) is 7.98. The van der Waals surface area contributed by atoms with Crippen LogP contribution < -0.4 is 10.6 Å². The summed E-state index contributed by atoms with van der Waals surface area (Å²) in [6, 6.07) is 15.9. The van der Waals surface area contributed by atoms with Crippen LogP contribution in [0.25, 0.3) is 0 Å². The zero-order chi connectivity index (χ0) is 14.8. The van der Waals surface area contributed by atoms with Gasteiger partial charge in [0.05, 0.1) is 0 Å². The van der Waals surface area contributed by atoms with Crippen molar-refractivity contribution in [2.45, 2.75) is 33.8 Å². The molecule has 3 heteroatoms. The van der Waals surface area contributed by atoms with Crippen LogP contribution >= 0.6 is 7.72 Å². The van der Waals surface area contributed by atoms with Crippen molar-refractivity contribution >= 4 is 18.3 Å². The first-order valence-electron chi connectivity index (χ1n) is 6.97. The number of aryl methyl sites for hydroxylation is 2. The Bertz CT molecular complexity index is 548. The summed E-state index contributed by atoms with van der Waals surface area (Å²) >= 11 is 0. The maximum atomic E-state index is 11.4. The second kappa shape index (κ2) is 6.05. The van der Waals surface area contributed by atoms with Gasteiger partial charge < -0.3 is 0 Å². The average Bonchev–Trinajstić information content (AvgIpc) is 2.38. The molecule has 20 heavy (non-hydrogen) atoms. The van der Waals surface area contributed by atoms with Gasteiger partial charge in [-0.2, -0.15) is 0 Å². The fourth-order valence-electron chi connectivity index (χ4n) is 2.52. The van der Waals surface area contributed by atoms with Crippen LogP contribution in [0, 0.1) is 13.8 Å². The maximum absolute atomic E-state index is 11.4. The normalized spacial score (nSPS) is 12.7. The summed E-state index contributed by atoms with van der Waals surface area (Å²) in [5, 5.41) is 1.87. The van der Waals surface area contributed by atoms with E-state index < -0.39 is 7.72 Å². The van der Waals surface area contributed by atoms with Crippen molar-refractivity contribution in [2.75, 3.05) is 0 Å². The molecule has 2 aromatic carbocycles. The molecule has 2 nitrogen and oxygen atoms in total. The van der Waals surface area contributed by atoms with Crippen molar-refractivity contribution < 1.29 is 9.42 Å². The molecule has 2 aromatic rings. The molecule has 108 valence electrons. The molecule has 0 aliphatic rings. The SMILES string of the molecule is Cc1ccccc1[PH](O)(OC(C)C)c1ccccc1C. The third kappa shape index (κ3) is 2.93. The molecule has 0 radical (unpaired) electrons. The van der Waals surface area contributed by atoms with E-state index in [1.165, 1.54) is 0 Å². The first-order chi connectivity index (χ1) is 9.45. The van der Waals surface area contributed by atoms with Crippen molar-refractivity contribution in [2.24, 2.45) is 0 Å². The third-order valence-electron chi connectivity index (χ3n) is 3.43. The molecule has 0 aromatic heterocycles. The Balaban J connectivity index is 2.63. The minimum atomic E-state index is -3.15. The van der Waals surface area contributed by atoms with E-state index in [1.54, 1.807) is 0 Å². The van der Waals surface area contributed by atoms with Crippen LogP contribution in [0.5, 0.6) is 0 Å². The average molecular weight is 290 g/mol. The van der Waals surface area contributed by atoms with Gasteiger partial charge in [-0.25, -0.2) is 0 Å². The Kier molecular flexibility index (Phi) is 4.59. The zero-order valence-corrected chi connectivity index (χ0v) is 13.6. The van der Waals surface area contributed by atoms with E-state index in [1.807, 2.05) is 76.2 Å². The van der Waals surface area contributed by atoms with Crippen molar-refractivity contribution in [3.8, 4) is 0 Å². The van der Waals surface area contributed by atoms with Gasteiger partial charge in [0.2, 0.25) is 0 Å². The second-order valence-corrected chi connectivity index (χ2v) is 8.04. The monoisotopic (exact) mass is 290 g/mol. The van der Waals surface area contributed by atoms with E-state index in [4.69, 9.17) is 4.52 Å². The Hall–Kier alpha value is -1.21. The van der Waals surface area contributed by atoms with E-state index in [-0.39, 0.29) is 6.10 Å². The molecule has 0 saturated heterocycles. The van der Waals surface area contributed by atoms with Crippen molar-refractivity contribution in [1.29, 1.82) is 0 Å². The molecule has 0 saturated carbocycles. The second-order valence-electron chi connectivity index (χ2n) is 5.44. The first kappa shape index (κ1) is 15.2. The van der Waals surface area contributed by atoms with Gasteiger partial charge in [0, 0.05) is 0 Å². The van der Waals surface area contributed by atoms with Crippen LogP contribution in [0.2, 0.25) is 0 Å². The molecular formula is C17H23O2P.